The van der Waals surface area contributed by atoms with E-state index in [2.05, 4.69) is 48.6 Å². The van der Waals surface area contributed by atoms with Crippen molar-refractivity contribution in [2.75, 3.05) is 26.7 Å². The number of carbonyl (C=O) groups is 1. The van der Waals surface area contributed by atoms with Crippen molar-refractivity contribution < 1.29 is 13.6 Å². The molecule has 6 rings (SSSR count). The zero-order valence-corrected chi connectivity index (χ0v) is 22.8. The molecule has 0 bridgehead atoms. The van der Waals surface area contributed by atoms with E-state index >= 15 is 0 Å². The number of amides is 1. The summed E-state index contributed by atoms with van der Waals surface area (Å²) in [7, 11) is 2.14. The van der Waals surface area contributed by atoms with Crippen LogP contribution >= 0.6 is 0 Å². The lowest BCUT2D eigenvalue weighted by Gasteiger charge is -2.30. The average Bonchev–Trinajstić information content (AvgIpc) is 3.43. The Morgan fingerprint density at radius 2 is 1.86 bits per heavy atom. The van der Waals surface area contributed by atoms with Gasteiger partial charge in [-0.05, 0) is 68.9 Å². The first-order chi connectivity index (χ1) is 20.4. The minimum atomic E-state index is -1.02. The van der Waals surface area contributed by atoms with Crippen LogP contribution in [0.5, 0.6) is 0 Å². The molecule has 0 saturated carbocycles. The number of nitrogens with zero attached hydrogens (tertiary/aromatic N) is 6. The SMILES string of the molecule is CN1CCC(n2cnc3cnc4ccc(C#CCNC(=O)c5cncn(Cc6ccc(F)c(F)c6)c5=O)cc4c32)CC1. The number of halogens is 2. The maximum atomic E-state index is 13.6. The number of fused-ring (bicyclic) bond motifs is 3. The fraction of sp³-hybridized carbons (Fsp3) is 0.258. The summed E-state index contributed by atoms with van der Waals surface area (Å²) >= 11 is 0. The monoisotopic (exact) mass is 567 g/mol. The molecule has 5 aromatic rings. The van der Waals surface area contributed by atoms with Gasteiger partial charge in [0.15, 0.2) is 11.6 Å². The van der Waals surface area contributed by atoms with Crippen molar-refractivity contribution in [2.24, 2.45) is 0 Å². The molecule has 0 radical (unpaired) electrons. The smallest absolute Gasteiger partial charge is 0.266 e. The van der Waals surface area contributed by atoms with Crippen molar-refractivity contribution in [1.29, 1.82) is 0 Å². The largest absolute Gasteiger partial charge is 0.341 e. The van der Waals surface area contributed by atoms with Gasteiger partial charge < -0.3 is 14.8 Å². The number of piperidine rings is 1. The van der Waals surface area contributed by atoms with Gasteiger partial charge in [0.05, 0.1) is 43.0 Å². The predicted octanol–water partition coefficient (Wildman–Crippen LogP) is 3.52. The Bertz CT molecular complexity index is 1930. The molecule has 1 amide bonds. The molecule has 0 aliphatic carbocycles. The van der Waals surface area contributed by atoms with Gasteiger partial charge in [-0.2, -0.15) is 0 Å². The highest BCUT2D eigenvalue weighted by atomic mass is 19.2. The van der Waals surface area contributed by atoms with Crippen molar-refractivity contribution in [1.82, 2.24) is 34.3 Å². The standard InChI is InChI=1S/C31H27F2N7O2/c1-38-11-8-22(9-12-38)40-19-37-28-16-36-27-7-5-20(13-23(27)29(28)40)3-2-10-35-30(41)24-15-34-18-39(31(24)42)17-21-4-6-25(32)26(33)14-21/h4-7,13-16,18-19,22H,8-12,17H2,1H3,(H,35,41). The van der Waals surface area contributed by atoms with E-state index in [4.69, 9.17) is 0 Å². The maximum absolute atomic E-state index is 13.6. The summed E-state index contributed by atoms with van der Waals surface area (Å²) in [5.74, 6) is 3.39. The van der Waals surface area contributed by atoms with Crippen LogP contribution in [0.25, 0.3) is 21.9 Å². The molecule has 2 aromatic carbocycles. The van der Waals surface area contributed by atoms with E-state index in [1.165, 1.54) is 18.6 Å². The van der Waals surface area contributed by atoms with Crippen LogP contribution in [0.4, 0.5) is 8.78 Å². The first-order valence-corrected chi connectivity index (χ1v) is 13.6. The quantitative estimate of drug-likeness (QED) is 0.327. The molecule has 9 nitrogen and oxygen atoms in total. The molecular weight excluding hydrogens is 540 g/mol. The van der Waals surface area contributed by atoms with Crippen molar-refractivity contribution >= 4 is 27.8 Å². The molecule has 1 fully saturated rings. The van der Waals surface area contributed by atoms with Crippen LogP contribution in [0, 0.1) is 23.5 Å². The second kappa shape index (κ2) is 11.5. The van der Waals surface area contributed by atoms with Crippen LogP contribution in [-0.2, 0) is 6.54 Å². The Morgan fingerprint density at radius 3 is 2.67 bits per heavy atom. The topological polar surface area (TPSA) is 97.9 Å². The van der Waals surface area contributed by atoms with E-state index in [0.717, 1.165) is 70.1 Å². The second-order valence-electron chi connectivity index (χ2n) is 10.4. The zero-order chi connectivity index (χ0) is 29.2. The normalized spacial score (nSPS) is 14.2. The zero-order valence-electron chi connectivity index (χ0n) is 22.8. The van der Waals surface area contributed by atoms with Crippen LogP contribution < -0.4 is 10.9 Å². The third-order valence-electron chi connectivity index (χ3n) is 7.53. The Balaban J connectivity index is 1.17. The van der Waals surface area contributed by atoms with Crippen LogP contribution in [0.2, 0.25) is 0 Å². The molecule has 0 spiro atoms. The van der Waals surface area contributed by atoms with Gasteiger partial charge in [-0.15, -0.1) is 0 Å². The number of likely N-dealkylation sites (tertiary alicyclic amines) is 1. The van der Waals surface area contributed by atoms with Gasteiger partial charge in [0.1, 0.15) is 11.1 Å². The van der Waals surface area contributed by atoms with Gasteiger partial charge in [0.2, 0.25) is 0 Å². The molecule has 0 unspecified atom stereocenters. The number of benzene rings is 2. The number of imidazole rings is 1. The number of nitrogens with one attached hydrogen (secondary N) is 1. The van der Waals surface area contributed by atoms with Gasteiger partial charge in [-0.1, -0.05) is 17.9 Å². The lowest BCUT2D eigenvalue weighted by Crippen LogP contribution is -2.33. The molecule has 212 valence electrons. The highest BCUT2D eigenvalue weighted by Gasteiger charge is 2.21. The van der Waals surface area contributed by atoms with Crippen molar-refractivity contribution in [3.05, 3.63) is 100 Å². The van der Waals surface area contributed by atoms with Crippen molar-refractivity contribution in [3.8, 4) is 11.8 Å². The highest BCUT2D eigenvalue weighted by Crippen LogP contribution is 2.30. The molecule has 11 heteroatoms. The van der Waals surface area contributed by atoms with E-state index in [1.807, 2.05) is 24.5 Å². The van der Waals surface area contributed by atoms with Gasteiger partial charge in [-0.3, -0.25) is 19.1 Å². The summed E-state index contributed by atoms with van der Waals surface area (Å²) < 4.78 is 30.2. The lowest BCUT2D eigenvalue weighted by atomic mass is 10.0. The summed E-state index contributed by atoms with van der Waals surface area (Å²) in [6, 6.07) is 9.51. The molecule has 1 saturated heterocycles. The molecule has 1 aliphatic rings. The lowest BCUT2D eigenvalue weighted by molar-refractivity contribution is 0.0956. The Morgan fingerprint density at radius 1 is 1.02 bits per heavy atom. The number of rotatable bonds is 5. The predicted molar refractivity (Wildman–Crippen MR) is 154 cm³/mol. The van der Waals surface area contributed by atoms with Gasteiger partial charge >= 0.3 is 0 Å². The second-order valence-corrected chi connectivity index (χ2v) is 10.4. The van der Waals surface area contributed by atoms with E-state index < -0.39 is 23.1 Å². The summed E-state index contributed by atoms with van der Waals surface area (Å²) in [4.78, 5) is 41.0. The van der Waals surface area contributed by atoms with Crippen molar-refractivity contribution in [2.45, 2.75) is 25.4 Å². The highest BCUT2D eigenvalue weighted by molar-refractivity contribution is 6.02. The first kappa shape index (κ1) is 27.2. The van der Waals surface area contributed by atoms with E-state index in [9.17, 15) is 18.4 Å². The van der Waals surface area contributed by atoms with Crippen LogP contribution in [0.3, 0.4) is 0 Å². The molecule has 3 aromatic heterocycles. The molecule has 1 N–H and O–H groups in total. The number of hydrogen-bond acceptors (Lipinski definition) is 6. The number of carbonyl (C=O) groups excluding carboxylic acids is 1. The molecule has 42 heavy (non-hydrogen) atoms. The summed E-state index contributed by atoms with van der Waals surface area (Å²) in [6.45, 7) is 2.02. The van der Waals surface area contributed by atoms with Gasteiger partial charge in [-0.25, -0.2) is 18.7 Å². The minimum absolute atomic E-state index is 0.00432. The molecule has 0 atom stereocenters. The van der Waals surface area contributed by atoms with Crippen LogP contribution in [0.15, 0.2) is 66.2 Å². The number of aromatic nitrogens is 5. The van der Waals surface area contributed by atoms with Gasteiger partial charge in [0.25, 0.3) is 11.5 Å². The van der Waals surface area contributed by atoms with Crippen LogP contribution in [-0.4, -0.2) is 61.6 Å². The number of pyridine rings is 1. The third kappa shape index (κ3) is 5.49. The molecule has 1 aliphatic heterocycles. The van der Waals surface area contributed by atoms with E-state index in [0.29, 0.717) is 11.6 Å². The Hall–Kier alpha value is -4.95. The third-order valence-corrected chi connectivity index (χ3v) is 7.53. The van der Waals surface area contributed by atoms with E-state index in [-0.39, 0.29) is 18.7 Å². The fourth-order valence-electron chi connectivity index (χ4n) is 5.26. The van der Waals surface area contributed by atoms with Crippen LogP contribution in [0.1, 0.15) is 40.4 Å². The Labute approximate surface area is 239 Å². The fourth-order valence-corrected chi connectivity index (χ4v) is 5.26. The van der Waals surface area contributed by atoms with Crippen molar-refractivity contribution in [3.63, 3.8) is 0 Å². The summed E-state index contributed by atoms with van der Waals surface area (Å²) in [5, 5.41) is 3.60. The van der Waals surface area contributed by atoms with Gasteiger partial charge in [0, 0.05) is 23.2 Å². The Kier molecular flexibility index (Phi) is 7.46. The average molecular weight is 568 g/mol. The maximum Gasteiger partial charge on any atom is 0.266 e. The minimum Gasteiger partial charge on any atom is -0.341 e. The van der Waals surface area contributed by atoms with E-state index in [1.54, 1.807) is 6.20 Å². The number of hydrogen-bond donors (Lipinski definition) is 1. The summed E-state index contributed by atoms with van der Waals surface area (Å²) in [5.41, 5.74) is 3.08. The first-order valence-electron chi connectivity index (χ1n) is 13.6. The molecular formula is C31H27F2N7O2. The molecule has 4 heterocycles. The summed E-state index contributed by atoms with van der Waals surface area (Å²) in [6.07, 6.45) is 8.22.